The Morgan fingerprint density at radius 2 is 2.03 bits per heavy atom. The van der Waals surface area contributed by atoms with Gasteiger partial charge in [-0.3, -0.25) is 14.2 Å². The van der Waals surface area contributed by atoms with E-state index in [1.165, 1.54) is 6.92 Å². The number of hydrogen-bond acceptors (Lipinski definition) is 9. The fourth-order valence-electron chi connectivity index (χ4n) is 3.45. The molecule has 1 aromatic heterocycles. The highest BCUT2D eigenvalue weighted by atomic mass is 19.1. The van der Waals surface area contributed by atoms with E-state index in [0.29, 0.717) is 19.4 Å². The highest BCUT2D eigenvalue weighted by molar-refractivity contribution is 5.95. The van der Waals surface area contributed by atoms with Crippen LogP contribution in [-0.4, -0.2) is 74.7 Å². The van der Waals surface area contributed by atoms with Crippen molar-refractivity contribution in [3.63, 3.8) is 0 Å². The minimum atomic E-state index is -1.14. The van der Waals surface area contributed by atoms with E-state index in [0.717, 1.165) is 10.8 Å². The third kappa shape index (κ3) is 8.84. The molecule has 36 heavy (non-hydrogen) atoms. The van der Waals surface area contributed by atoms with Crippen molar-refractivity contribution in [3.8, 4) is 0 Å². The van der Waals surface area contributed by atoms with E-state index in [2.05, 4.69) is 20.9 Å². The summed E-state index contributed by atoms with van der Waals surface area (Å²) >= 11 is 0. The molecule has 1 saturated heterocycles. The van der Waals surface area contributed by atoms with Crippen LogP contribution in [-0.2, 0) is 19.1 Å². The van der Waals surface area contributed by atoms with Gasteiger partial charge in [-0.1, -0.05) is 0 Å². The number of anilines is 1. The number of aliphatic hydroxyl groups is 2. The number of rotatable bonds is 10. The number of aliphatic hydroxyl groups excluding tert-OH is 2. The number of halogens is 1. The summed E-state index contributed by atoms with van der Waals surface area (Å²) in [5.74, 6) is -2.71. The third-order valence-electron chi connectivity index (χ3n) is 5.14. The molecule has 14 heteroatoms. The van der Waals surface area contributed by atoms with Crippen LogP contribution < -0.4 is 21.6 Å². The molecule has 13 nitrogen and oxygen atoms in total. The third-order valence-corrected chi connectivity index (χ3v) is 5.14. The van der Waals surface area contributed by atoms with Crippen molar-refractivity contribution in [2.75, 3.05) is 18.5 Å². The van der Waals surface area contributed by atoms with Crippen LogP contribution in [0.15, 0.2) is 11.0 Å². The zero-order valence-electron chi connectivity index (χ0n) is 20.7. The van der Waals surface area contributed by atoms with Gasteiger partial charge in [0.1, 0.15) is 24.0 Å². The lowest BCUT2D eigenvalue weighted by Crippen LogP contribution is -2.46. The van der Waals surface area contributed by atoms with Gasteiger partial charge in [0.25, 0.3) is 0 Å². The minimum absolute atomic E-state index is 0.0572. The highest BCUT2D eigenvalue weighted by Gasteiger charge is 2.35. The molecule has 0 bridgehead atoms. The second-order valence-electron chi connectivity index (χ2n) is 9.41. The molecular formula is C22H34FN5O8. The molecule has 2 heterocycles. The smallest absolute Gasteiger partial charge is 0.408 e. The summed E-state index contributed by atoms with van der Waals surface area (Å²) in [5.41, 5.74) is -1.77. The maximum atomic E-state index is 14.7. The minimum Gasteiger partial charge on any atom is -0.444 e. The Balaban J connectivity index is 2.12. The first kappa shape index (κ1) is 29.1. The van der Waals surface area contributed by atoms with Gasteiger partial charge in [0.05, 0.1) is 18.9 Å². The normalized spacial score (nSPS) is 20.5. The number of hydrogen-bond donors (Lipinski definition) is 5. The predicted molar refractivity (Wildman–Crippen MR) is 124 cm³/mol. The Bertz CT molecular complexity index is 996. The molecule has 4 unspecified atom stereocenters. The molecule has 2 rings (SSSR count). The van der Waals surface area contributed by atoms with Crippen LogP contribution in [0.1, 0.15) is 59.6 Å². The van der Waals surface area contributed by atoms with Crippen molar-refractivity contribution in [1.82, 2.24) is 20.2 Å². The standard InChI is InChI=1S/C22H34FN5O8/c1-12(30)24-8-6-5-7-14(25-21(34)36-22(2,3)4)19(32)26-18-13(23)10-28(20(33)27-18)17-9-15(31)16(11-29)35-17/h10,14-17,29,31H,5-9,11H2,1-4H3,(H,24,30)(H,25,34)(H,26,27,32,33). The zero-order valence-corrected chi connectivity index (χ0v) is 20.7. The molecule has 1 fully saturated rings. The molecule has 0 radical (unpaired) electrons. The van der Waals surface area contributed by atoms with Crippen molar-refractivity contribution in [3.05, 3.63) is 22.5 Å². The number of unbranched alkanes of at least 4 members (excludes halogenated alkanes) is 1. The zero-order chi connectivity index (χ0) is 27.0. The summed E-state index contributed by atoms with van der Waals surface area (Å²) in [7, 11) is 0. The van der Waals surface area contributed by atoms with Crippen molar-refractivity contribution < 1.29 is 38.5 Å². The molecule has 202 valence electrons. The second-order valence-corrected chi connectivity index (χ2v) is 9.41. The van der Waals surface area contributed by atoms with Crippen molar-refractivity contribution in [2.24, 2.45) is 0 Å². The fraction of sp³-hybridized carbons (Fsp3) is 0.682. The van der Waals surface area contributed by atoms with Crippen molar-refractivity contribution in [2.45, 2.75) is 83.5 Å². The van der Waals surface area contributed by atoms with Crippen LogP contribution >= 0.6 is 0 Å². The summed E-state index contributed by atoms with van der Waals surface area (Å²) in [6.07, 6.45) is -2.05. The van der Waals surface area contributed by atoms with Crippen LogP contribution in [0.5, 0.6) is 0 Å². The summed E-state index contributed by atoms with van der Waals surface area (Å²) in [4.78, 5) is 52.1. The SMILES string of the molecule is CC(=O)NCCCCC(NC(=O)OC(C)(C)C)C(=O)Nc1nc(=O)n(C2CC(O)C(CO)O2)cc1F. The van der Waals surface area contributed by atoms with Gasteiger partial charge >= 0.3 is 11.8 Å². The Morgan fingerprint density at radius 3 is 2.61 bits per heavy atom. The maximum absolute atomic E-state index is 14.7. The Labute approximate surface area is 207 Å². The Kier molecular flexibility index (Phi) is 10.3. The first-order chi connectivity index (χ1) is 16.8. The molecule has 0 aromatic carbocycles. The molecular weight excluding hydrogens is 481 g/mol. The van der Waals surface area contributed by atoms with E-state index < -0.39 is 66.0 Å². The van der Waals surface area contributed by atoms with Gasteiger partial charge in [0.2, 0.25) is 11.8 Å². The largest absolute Gasteiger partial charge is 0.444 e. The topological polar surface area (TPSA) is 181 Å². The summed E-state index contributed by atoms with van der Waals surface area (Å²) in [5, 5.41) is 26.3. The number of amides is 3. The van der Waals surface area contributed by atoms with E-state index in [9.17, 15) is 33.8 Å². The van der Waals surface area contributed by atoms with Crippen LogP contribution in [0.2, 0.25) is 0 Å². The van der Waals surface area contributed by atoms with Gasteiger partial charge in [-0.2, -0.15) is 4.98 Å². The average molecular weight is 516 g/mol. The lowest BCUT2D eigenvalue weighted by atomic mass is 10.1. The molecule has 5 N–H and O–H groups in total. The second kappa shape index (κ2) is 12.7. The molecule has 4 atom stereocenters. The number of nitrogens with one attached hydrogen (secondary N) is 3. The monoisotopic (exact) mass is 515 g/mol. The van der Waals surface area contributed by atoms with E-state index in [4.69, 9.17) is 9.47 Å². The van der Waals surface area contributed by atoms with Gasteiger partial charge in [-0.15, -0.1) is 0 Å². The number of aromatic nitrogens is 2. The fourth-order valence-corrected chi connectivity index (χ4v) is 3.45. The molecule has 3 amide bonds. The summed E-state index contributed by atoms with van der Waals surface area (Å²) < 4.78 is 26.1. The first-order valence-electron chi connectivity index (χ1n) is 11.6. The predicted octanol–water partition coefficient (Wildman–Crippen LogP) is 0.161. The molecule has 1 aliphatic rings. The Morgan fingerprint density at radius 1 is 1.33 bits per heavy atom. The van der Waals surface area contributed by atoms with Crippen LogP contribution in [0.3, 0.4) is 0 Å². The molecule has 0 spiro atoms. The Hall–Kier alpha value is -3.10. The van der Waals surface area contributed by atoms with Gasteiger partial charge in [-0.25, -0.2) is 14.0 Å². The van der Waals surface area contributed by atoms with Crippen molar-refractivity contribution >= 4 is 23.7 Å². The molecule has 1 aromatic rings. The average Bonchev–Trinajstić information content (AvgIpc) is 3.13. The van der Waals surface area contributed by atoms with E-state index in [1.807, 2.05) is 0 Å². The van der Waals surface area contributed by atoms with E-state index in [1.54, 1.807) is 20.8 Å². The van der Waals surface area contributed by atoms with Gasteiger partial charge in [0, 0.05) is 19.9 Å². The number of ether oxygens (including phenoxy) is 2. The lowest BCUT2D eigenvalue weighted by Gasteiger charge is -2.23. The van der Waals surface area contributed by atoms with Crippen LogP contribution in [0.25, 0.3) is 0 Å². The van der Waals surface area contributed by atoms with E-state index in [-0.39, 0.29) is 18.7 Å². The van der Waals surface area contributed by atoms with Crippen molar-refractivity contribution in [1.29, 1.82) is 0 Å². The number of carbonyl (C=O) groups excluding carboxylic acids is 3. The number of nitrogens with zero attached hydrogens (tertiary/aromatic N) is 2. The summed E-state index contributed by atoms with van der Waals surface area (Å²) in [6, 6.07) is -1.14. The molecule has 0 aliphatic carbocycles. The van der Waals surface area contributed by atoms with Gasteiger partial charge < -0.3 is 35.6 Å². The first-order valence-corrected chi connectivity index (χ1v) is 11.6. The number of carbonyl (C=O) groups is 3. The lowest BCUT2D eigenvalue weighted by molar-refractivity contribution is -0.119. The highest BCUT2D eigenvalue weighted by Crippen LogP contribution is 2.27. The maximum Gasteiger partial charge on any atom is 0.408 e. The van der Waals surface area contributed by atoms with Gasteiger partial charge in [-0.05, 0) is 40.0 Å². The van der Waals surface area contributed by atoms with Crippen LogP contribution in [0, 0.1) is 5.82 Å². The summed E-state index contributed by atoms with van der Waals surface area (Å²) in [6.45, 7) is 6.23. The van der Waals surface area contributed by atoms with Gasteiger partial charge in [0.15, 0.2) is 11.6 Å². The van der Waals surface area contributed by atoms with Crippen LogP contribution in [0.4, 0.5) is 15.0 Å². The molecule has 1 aliphatic heterocycles. The number of alkyl carbamates (subject to hydrolysis) is 1. The molecule has 0 saturated carbocycles. The van der Waals surface area contributed by atoms with E-state index >= 15 is 0 Å². The quantitative estimate of drug-likeness (QED) is 0.271.